The van der Waals surface area contributed by atoms with Crippen molar-refractivity contribution in [2.45, 2.75) is 45.3 Å². The molecular formula is C11H22N2O3S. The van der Waals surface area contributed by atoms with E-state index in [1.54, 1.807) is 4.90 Å². The molecule has 17 heavy (non-hydrogen) atoms. The first-order valence-corrected chi connectivity index (χ1v) is 8.02. The normalized spacial score (nSPS) is 30.0. The minimum atomic E-state index is -2.94. The summed E-state index contributed by atoms with van der Waals surface area (Å²) in [7, 11) is -2.94. The average molecular weight is 262 g/mol. The second kappa shape index (κ2) is 4.94. The van der Waals surface area contributed by atoms with E-state index in [4.69, 9.17) is 0 Å². The molecule has 0 bridgehead atoms. The largest absolute Gasteiger partial charge is 0.326 e. The van der Waals surface area contributed by atoms with Gasteiger partial charge < -0.3 is 4.90 Å². The lowest BCUT2D eigenvalue weighted by atomic mass is 9.99. The SMILES string of the molecule is CCC1(C)NC(C)N(CCCS(C)(=O)=O)C1=O. The molecule has 1 fully saturated rings. The first-order valence-electron chi connectivity index (χ1n) is 5.96. The van der Waals surface area contributed by atoms with Crippen molar-refractivity contribution in [2.24, 2.45) is 0 Å². The van der Waals surface area contributed by atoms with Crippen molar-refractivity contribution in [3.05, 3.63) is 0 Å². The van der Waals surface area contributed by atoms with Gasteiger partial charge in [0.25, 0.3) is 0 Å². The van der Waals surface area contributed by atoms with Crippen LogP contribution < -0.4 is 5.32 Å². The molecule has 1 N–H and O–H groups in total. The number of rotatable bonds is 5. The zero-order chi connectivity index (χ0) is 13.3. The van der Waals surface area contributed by atoms with Crippen LogP contribution in [0.4, 0.5) is 0 Å². The number of nitrogens with one attached hydrogen (secondary N) is 1. The van der Waals surface area contributed by atoms with E-state index in [-0.39, 0.29) is 17.8 Å². The van der Waals surface area contributed by atoms with Crippen molar-refractivity contribution in [3.8, 4) is 0 Å². The van der Waals surface area contributed by atoms with Crippen molar-refractivity contribution >= 4 is 15.7 Å². The Hall–Kier alpha value is -0.620. The van der Waals surface area contributed by atoms with Crippen LogP contribution >= 0.6 is 0 Å². The molecule has 1 aliphatic rings. The zero-order valence-electron chi connectivity index (χ0n) is 11.0. The van der Waals surface area contributed by atoms with Crippen LogP contribution in [0.5, 0.6) is 0 Å². The monoisotopic (exact) mass is 262 g/mol. The smallest absolute Gasteiger partial charge is 0.243 e. The lowest BCUT2D eigenvalue weighted by Gasteiger charge is -2.21. The fourth-order valence-corrected chi connectivity index (χ4v) is 2.79. The van der Waals surface area contributed by atoms with E-state index >= 15 is 0 Å². The fourth-order valence-electron chi connectivity index (χ4n) is 2.14. The number of amides is 1. The summed E-state index contributed by atoms with van der Waals surface area (Å²) in [5, 5.41) is 3.25. The molecule has 2 unspecified atom stereocenters. The van der Waals surface area contributed by atoms with E-state index in [1.165, 1.54) is 6.26 Å². The minimum Gasteiger partial charge on any atom is -0.326 e. The number of carbonyl (C=O) groups excluding carboxylic acids is 1. The lowest BCUT2D eigenvalue weighted by molar-refractivity contribution is -0.132. The lowest BCUT2D eigenvalue weighted by Crippen LogP contribution is -2.43. The number of sulfone groups is 1. The van der Waals surface area contributed by atoms with E-state index in [0.717, 1.165) is 6.42 Å². The molecule has 1 amide bonds. The van der Waals surface area contributed by atoms with Crippen LogP contribution in [0, 0.1) is 0 Å². The number of hydrogen-bond acceptors (Lipinski definition) is 4. The Morgan fingerprint density at radius 2 is 2.06 bits per heavy atom. The van der Waals surface area contributed by atoms with Crippen molar-refractivity contribution in [2.75, 3.05) is 18.6 Å². The topological polar surface area (TPSA) is 66.5 Å². The van der Waals surface area contributed by atoms with Gasteiger partial charge in [0.15, 0.2) is 0 Å². The predicted molar refractivity (Wildman–Crippen MR) is 67.3 cm³/mol. The molecule has 0 aromatic heterocycles. The molecule has 100 valence electrons. The van der Waals surface area contributed by atoms with Crippen LogP contribution in [-0.2, 0) is 14.6 Å². The Kier molecular flexibility index (Phi) is 4.19. The molecule has 5 nitrogen and oxygen atoms in total. The first kappa shape index (κ1) is 14.4. The summed E-state index contributed by atoms with van der Waals surface area (Å²) in [6.07, 6.45) is 2.43. The highest BCUT2D eigenvalue weighted by Gasteiger charge is 2.44. The summed E-state index contributed by atoms with van der Waals surface area (Å²) in [6.45, 7) is 6.29. The third kappa shape index (κ3) is 3.42. The van der Waals surface area contributed by atoms with E-state index in [9.17, 15) is 13.2 Å². The molecule has 2 atom stereocenters. The molecule has 1 rings (SSSR count). The zero-order valence-corrected chi connectivity index (χ0v) is 11.8. The van der Waals surface area contributed by atoms with E-state index in [2.05, 4.69) is 5.32 Å². The molecular weight excluding hydrogens is 240 g/mol. The highest BCUT2D eigenvalue weighted by atomic mass is 32.2. The second-order valence-corrected chi connectivity index (χ2v) is 7.25. The quantitative estimate of drug-likeness (QED) is 0.777. The first-order chi connectivity index (χ1) is 7.69. The summed E-state index contributed by atoms with van der Waals surface area (Å²) in [5.74, 6) is 0.202. The van der Waals surface area contributed by atoms with Gasteiger partial charge in [0, 0.05) is 12.8 Å². The Balaban J connectivity index is 2.58. The predicted octanol–water partition coefficient (Wildman–Crippen LogP) is 0.368. The fraction of sp³-hybridized carbons (Fsp3) is 0.909. The highest BCUT2D eigenvalue weighted by Crippen LogP contribution is 2.23. The van der Waals surface area contributed by atoms with Crippen LogP contribution in [-0.4, -0.2) is 49.5 Å². The second-order valence-electron chi connectivity index (χ2n) is 4.99. The van der Waals surface area contributed by atoms with Crippen LogP contribution in [0.25, 0.3) is 0 Å². The van der Waals surface area contributed by atoms with Gasteiger partial charge in [-0.3, -0.25) is 10.1 Å². The third-order valence-corrected chi connectivity index (χ3v) is 4.38. The molecule has 0 aliphatic carbocycles. The number of carbonyl (C=O) groups is 1. The number of hydrogen-bond donors (Lipinski definition) is 1. The van der Waals surface area contributed by atoms with Gasteiger partial charge in [-0.1, -0.05) is 6.92 Å². The molecule has 1 saturated heterocycles. The molecule has 0 aromatic rings. The molecule has 0 saturated carbocycles. The summed E-state index contributed by atoms with van der Waals surface area (Å²) in [6, 6.07) is 0. The van der Waals surface area contributed by atoms with Gasteiger partial charge in [-0.05, 0) is 26.7 Å². The molecule has 0 aromatic carbocycles. The standard InChI is InChI=1S/C11H22N2O3S/c1-5-11(3)10(14)13(9(2)12-11)7-6-8-17(4,15)16/h9,12H,5-8H2,1-4H3. The maximum absolute atomic E-state index is 12.1. The Bertz CT molecular complexity index is 394. The van der Waals surface area contributed by atoms with Crippen molar-refractivity contribution in [1.82, 2.24) is 10.2 Å². The van der Waals surface area contributed by atoms with Gasteiger partial charge in [-0.2, -0.15) is 0 Å². The molecule has 1 heterocycles. The van der Waals surface area contributed by atoms with Crippen LogP contribution in [0.1, 0.15) is 33.6 Å². The van der Waals surface area contributed by atoms with Crippen molar-refractivity contribution in [3.63, 3.8) is 0 Å². The maximum Gasteiger partial charge on any atom is 0.243 e. The van der Waals surface area contributed by atoms with Crippen LogP contribution in [0.3, 0.4) is 0 Å². The van der Waals surface area contributed by atoms with Crippen molar-refractivity contribution in [1.29, 1.82) is 0 Å². The summed E-state index contributed by atoms with van der Waals surface area (Å²) in [5.41, 5.74) is -0.496. The number of nitrogens with zero attached hydrogens (tertiary/aromatic N) is 1. The van der Waals surface area contributed by atoms with E-state index in [0.29, 0.717) is 13.0 Å². The minimum absolute atomic E-state index is 0.0213. The summed E-state index contributed by atoms with van der Waals surface area (Å²) >= 11 is 0. The van der Waals surface area contributed by atoms with E-state index < -0.39 is 15.4 Å². The van der Waals surface area contributed by atoms with Gasteiger partial charge in [-0.25, -0.2) is 8.42 Å². The molecule has 6 heteroatoms. The van der Waals surface area contributed by atoms with Gasteiger partial charge in [0.05, 0.1) is 17.5 Å². The Labute approximate surface area is 103 Å². The molecule has 0 spiro atoms. The summed E-state index contributed by atoms with van der Waals surface area (Å²) < 4.78 is 22.1. The van der Waals surface area contributed by atoms with Gasteiger partial charge in [0.1, 0.15) is 9.84 Å². The Morgan fingerprint density at radius 1 is 1.47 bits per heavy atom. The molecule has 0 radical (unpaired) electrons. The van der Waals surface area contributed by atoms with Gasteiger partial charge in [0.2, 0.25) is 5.91 Å². The summed E-state index contributed by atoms with van der Waals surface area (Å²) in [4.78, 5) is 13.9. The maximum atomic E-state index is 12.1. The molecule has 1 aliphatic heterocycles. The third-order valence-electron chi connectivity index (χ3n) is 3.35. The van der Waals surface area contributed by atoms with E-state index in [1.807, 2.05) is 20.8 Å². The highest BCUT2D eigenvalue weighted by molar-refractivity contribution is 7.90. The average Bonchev–Trinajstić information content (AvgIpc) is 2.41. The van der Waals surface area contributed by atoms with Crippen LogP contribution in [0.15, 0.2) is 0 Å². The van der Waals surface area contributed by atoms with Gasteiger partial charge >= 0.3 is 0 Å². The van der Waals surface area contributed by atoms with Gasteiger partial charge in [-0.15, -0.1) is 0 Å². The Morgan fingerprint density at radius 3 is 2.47 bits per heavy atom. The van der Waals surface area contributed by atoms with Crippen molar-refractivity contribution < 1.29 is 13.2 Å². The van der Waals surface area contributed by atoms with Crippen LogP contribution in [0.2, 0.25) is 0 Å².